The van der Waals surface area contributed by atoms with E-state index in [4.69, 9.17) is 18.9 Å². The highest BCUT2D eigenvalue weighted by atomic mass is 32.2. The van der Waals surface area contributed by atoms with Crippen LogP contribution in [0.25, 0.3) is 0 Å². The molecular formula is C20H22O7S. The molecule has 0 saturated carbocycles. The third-order valence-corrected chi connectivity index (χ3v) is 7.23. The van der Waals surface area contributed by atoms with Gasteiger partial charge in [0.25, 0.3) is 0 Å². The summed E-state index contributed by atoms with van der Waals surface area (Å²) in [7, 11) is -2.56. The molecule has 0 unspecified atom stereocenters. The Balaban J connectivity index is 1.71. The Bertz CT molecular complexity index is 887. The lowest BCUT2D eigenvalue weighted by atomic mass is 10.0. The number of hydrogen-bond donors (Lipinski definition) is 1. The van der Waals surface area contributed by atoms with Gasteiger partial charge in [0.15, 0.2) is 22.4 Å². The van der Waals surface area contributed by atoms with Gasteiger partial charge >= 0.3 is 0 Å². The molecule has 6 atom stereocenters. The summed E-state index contributed by atoms with van der Waals surface area (Å²) in [6.45, 7) is 0.123. The molecule has 0 aromatic heterocycles. The minimum atomic E-state index is -3.92. The van der Waals surface area contributed by atoms with Crippen molar-refractivity contribution < 1.29 is 32.5 Å². The van der Waals surface area contributed by atoms with E-state index in [-0.39, 0.29) is 11.5 Å². The third-order valence-electron chi connectivity index (χ3n) is 5.04. The van der Waals surface area contributed by atoms with Gasteiger partial charge < -0.3 is 24.1 Å². The van der Waals surface area contributed by atoms with Gasteiger partial charge in [0.05, 0.1) is 11.5 Å². The Morgan fingerprint density at radius 2 is 1.64 bits per heavy atom. The van der Waals surface area contributed by atoms with E-state index >= 15 is 0 Å². The maximum atomic E-state index is 13.4. The molecule has 0 aliphatic carbocycles. The first-order valence-electron chi connectivity index (χ1n) is 8.99. The van der Waals surface area contributed by atoms with E-state index in [0.29, 0.717) is 0 Å². The van der Waals surface area contributed by atoms with Crippen molar-refractivity contribution in [2.75, 3.05) is 13.7 Å². The summed E-state index contributed by atoms with van der Waals surface area (Å²) in [6.07, 6.45) is -4.84. The van der Waals surface area contributed by atoms with Gasteiger partial charge in [-0.25, -0.2) is 8.42 Å². The third kappa shape index (κ3) is 3.47. The predicted molar refractivity (Wildman–Crippen MR) is 99.1 cm³/mol. The van der Waals surface area contributed by atoms with Crippen molar-refractivity contribution in [3.8, 4) is 0 Å². The zero-order chi connectivity index (χ0) is 19.7. The van der Waals surface area contributed by atoms with Gasteiger partial charge in [-0.3, -0.25) is 0 Å². The Morgan fingerprint density at radius 1 is 1.00 bits per heavy atom. The van der Waals surface area contributed by atoms with Crippen LogP contribution < -0.4 is 0 Å². The zero-order valence-electron chi connectivity index (χ0n) is 15.2. The van der Waals surface area contributed by atoms with E-state index in [1.807, 2.05) is 30.3 Å². The van der Waals surface area contributed by atoms with Crippen LogP contribution in [0.3, 0.4) is 0 Å². The number of sulfone groups is 1. The minimum Gasteiger partial charge on any atom is -0.386 e. The fourth-order valence-electron chi connectivity index (χ4n) is 3.66. The summed E-state index contributed by atoms with van der Waals surface area (Å²) < 4.78 is 49.4. The van der Waals surface area contributed by atoms with Crippen LogP contribution in [0.15, 0.2) is 65.6 Å². The first-order chi connectivity index (χ1) is 13.5. The van der Waals surface area contributed by atoms with Crippen LogP contribution in [0.1, 0.15) is 11.9 Å². The molecule has 2 aromatic carbocycles. The molecule has 0 amide bonds. The smallest absolute Gasteiger partial charge is 0.186 e. The molecule has 0 radical (unpaired) electrons. The lowest BCUT2D eigenvalue weighted by molar-refractivity contribution is -0.331. The minimum absolute atomic E-state index is 0.112. The number of ether oxygens (including phenoxy) is 4. The molecule has 8 heteroatoms. The molecule has 150 valence electrons. The summed E-state index contributed by atoms with van der Waals surface area (Å²) in [6, 6.07) is 17.3. The molecule has 28 heavy (non-hydrogen) atoms. The number of hydrogen-bond acceptors (Lipinski definition) is 7. The van der Waals surface area contributed by atoms with Crippen molar-refractivity contribution in [1.29, 1.82) is 0 Å². The SMILES string of the molecule is CO[C@@H]1O[C@@H]2CO[C@@H](c3ccccc3)O[C@H]2[C@@H](S(=O)(=O)c2ccccc2)[C@@H]1O. The normalized spacial score (nSPS) is 33.2. The van der Waals surface area contributed by atoms with Crippen molar-refractivity contribution in [2.24, 2.45) is 0 Å². The number of aliphatic hydroxyl groups is 1. The second-order valence-electron chi connectivity index (χ2n) is 6.77. The largest absolute Gasteiger partial charge is 0.386 e. The summed E-state index contributed by atoms with van der Waals surface area (Å²) in [5.41, 5.74) is 0.764. The van der Waals surface area contributed by atoms with Gasteiger partial charge in [-0.05, 0) is 12.1 Å². The monoisotopic (exact) mass is 406 g/mol. The van der Waals surface area contributed by atoms with E-state index in [2.05, 4.69) is 0 Å². The summed E-state index contributed by atoms with van der Waals surface area (Å²) in [5, 5.41) is 9.52. The first kappa shape index (κ1) is 19.5. The number of fused-ring (bicyclic) bond motifs is 1. The van der Waals surface area contributed by atoms with Crippen molar-refractivity contribution in [3.05, 3.63) is 66.2 Å². The lowest BCUT2D eigenvalue weighted by Gasteiger charge is -2.47. The second-order valence-corrected chi connectivity index (χ2v) is 8.87. The average molecular weight is 406 g/mol. The maximum absolute atomic E-state index is 13.4. The topological polar surface area (TPSA) is 91.3 Å². The van der Waals surface area contributed by atoms with E-state index in [0.717, 1.165) is 5.56 Å². The molecule has 2 saturated heterocycles. The Hall–Kier alpha value is -1.81. The summed E-state index contributed by atoms with van der Waals surface area (Å²) in [5.74, 6) is 0. The van der Waals surface area contributed by atoms with Gasteiger partial charge in [-0.15, -0.1) is 0 Å². The number of benzene rings is 2. The fraction of sp³-hybridized carbons (Fsp3) is 0.400. The fourth-order valence-corrected chi connectivity index (χ4v) is 5.60. The molecular weight excluding hydrogens is 384 g/mol. The van der Waals surface area contributed by atoms with Crippen LogP contribution in [0.5, 0.6) is 0 Å². The van der Waals surface area contributed by atoms with Crippen molar-refractivity contribution in [2.45, 2.75) is 41.0 Å². The standard InChI is InChI=1S/C20H22O7S/c1-24-20-16(21)18(28(22,23)14-10-6-3-7-11-14)17-15(26-20)12-25-19(27-17)13-8-4-2-5-9-13/h2-11,15-21H,12H2,1H3/t15-,16+,17-,18+,19-,20-/m1/s1. The van der Waals surface area contributed by atoms with Crippen molar-refractivity contribution in [1.82, 2.24) is 0 Å². The lowest BCUT2D eigenvalue weighted by Crippen LogP contribution is -2.64. The van der Waals surface area contributed by atoms with Gasteiger partial charge in [0.2, 0.25) is 0 Å². The molecule has 2 aromatic rings. The molecule has 4 rings (SSSR count). The second kappa shape index (κ2) is 7.90. The van der Waals surface area contributed by atoms with E-state index in [1.165, 1.54) is 19.2 Å². The van der Waals surface area contributed by atoms with E-state index in [9.17, 15) is 13.5 Å². The highest BCUT2D eigenvalue weighted by molar-refractivity contribution is 7.92. The molecule has 0 bridgehead atoms. The highest BCUT2D eigenvalue weighted by Crippen LogP contribution is 2.38. The van der Waals surface area contributed by atoms with Crippen molar-refractivity contribution in [3.63, 3.8) is 0 Å². The average Bonchev–Trinajstić information content (AvgIpc) is 2.74. The number of aliphatic hydroxyl groups excluding tert-OH is 1. The number of rotatable bonds is 4. The highest BCUT2D eigenvalue weighted by Gasteiger charge is 2.55. The summed E-state index contributed by atoms with van der Waals surface area (Å²) >= 11 is 0. The summed E-state index contributed by atoms with van der Waals surface area (Å²) in [4.78, 5) is 0.112. The Kier molecular flexibility index (Phi) is 5.50. The first-order valence-corrected chi connectivity index (χ1v) is 10.5. The zero-order valence-corrected chi connectivity index (χ0v) is 16.1. The predicted octanol–water partition coefficient (Wildman–Crippen LogP) is 1.68. The molecule has 2 fully saturated rings. The van der Waals surface area contributed by atoms with Gasteiger partial charge in [-0.2, -0.15) is 0 Å². The van der Waals surface area contributed by atoms with Crippen LogP contribution >= 0.6 is 0 Å². The quantitative estimate of drug-likeness (QED) is 0.826. The van der Waals surface area contributed by atoms with Gasteiger partial charge in [0, 0.05) is 12.7 Å². The maximum Gasteiger partial charge on any atom is 0.186 e. The van der Waals surface area contributed by atoms with Crippen LogP contribution in [0.2, 0.25) is 0 Å². The molecule has 2 heterocycles. The molecule has 2 aliphatic rings. The van der Waals surface area contributed by atoms with Crippen LogP contribution in [-0.2, 0) is 28.8 Å². The van der Waals surface area contributed by atoms with Crippen molar-refractivity contribution >= 4 is 9.84 Å². The van der Waals surface area contributed by atoms with Gasteiger partial charge in [-0.1, -0.05) is 48.5 Å². The van der Waals surface area contributed by atoms with Crippen LogP contribution in [-0.4, -0.2) is 57.1 Å². The Morgan fingerprint density at radius 3 is 2.29 bits per heavy atom. The van der Waals surface area contributed by atoms with E-state index in [1.54, 1.807) is 18.2 Å². The van der Waals surface area contributed by atoms with Gasteiger partial charge in [0.1, 0.15) is 23.6 Å². The molecule has 2 aliphatic heterocycles. The van der Waals surface area contributed by atoms with E-state index < -0.39 is 46.0 Å². The van der Waals surface area contributed by atoms with Crippen LogP contribution in [0.4, 0.5) is 0 Å². The molecule has 1 N–H and O–H groups in total. The number of methoxy groups -OCH3 is 1. The van der Waals surface area contributed by atoms with Crippen LogP contribution in [0, 0.1) is 0 Å². The molecule has 7 nitrogen and oxygen atoms in total. The Labute approximate surface area is 163 Å². The molecule has 0 spiro atoms.